The van der Waals surface area contributed by atoms with Crippen LogP contribution >= 0.6 is 15.9 Å². The molecule has 1 aliphatic heterocycles. The molecule has 1 aliphatic rings. The van der Waals surface area contributed by atoms with Gasteiger partial charge in [0.05, 0.1) is 17.6 Å². The van der Waals surface area contributed by atoms with Crippen molar-refractivity contribution >= 4 is 27.7 Å². The SMILES string of the molecule is O=c1[nH]cc(/C=C2\NN=C(c3ccc(Br)cc3)C([O-])O2)c(=O)[nH]1.[Na+].[Na+]. The predicted molar refractivity (Wildman–Crippen MR) is 84.3 cm³/mol. The molecular weight excluding hydrogens is 414 g/mol. The summed E-state index contributed by atoms with van der Waals surface area (Å²) in [5.41, 5.74) is 2.31. The standard InChI is InChI=1S/C14H10BrN4O4.2Na/c15-9-3-1-7(2-4-9)11-13(21)23-10(18-19-11)5-8-6-16-14(22)17-12(8)20;;/h1-6,13,18H,(H2,16,17,20,22);;/q-1;2*+1/b10-5+;;. The smallest absolute Gasteiger partial charge is 0.816 e. The van der Waals surface area contributed by atoms with Crippen LogP contribution < -0.4 is 80.9 Å². The molecule has 0 amide bonds. The second-order valence-electron chi connectivity index (χ2n) is 4.60. The summed E-state index contributed by atoms with van der Waals surface area (Å²) < 4.78 is 6.06. The molecule has 1 atom stereocenters. The molecular formula is C14H10BrN4Na2O4+. The number of hydrazone groups is 1. The Hall–Kier alpha value is -0.650. The zero-order valence-electron chi connectivity index (χ0n) is 13.5. The summed E-state index contributed by atoms with van der Waals surface area (Å²) in [6.07, 6.45) is 0.958. The molecule has 2 heterocycles. The zero-order valence-corrected chi connectivity index (χ0v) is 19.1. The maximum absolute atomic E-state index is 12.1. The second kappa shape index (κ2) is 9.89. The Morgan fingerprint density at radius 2 is 1.88 bits per heavy atom. The van der Waals surface area contributed by atoms with Crippen molar-refractivity contribution < 1.29 is 69.0 Å². The zero-order chi connectivity index (χ0) is 16.4. The van der Waals surface area contributed by atoms with Crippen molar-refractivity contribution in [1.82, 2.24) is 15.4 Å². The van der Waals surface area contributed by atoms with E-state index in [9.17, 15) is 14.7 Å². The fraction of sp³-hybridized carbons (Fsp3) is 0.0714. The maximum Gasteiger partial charge on any atom is 1.00 e. The number of hydrogen-bond donors (Lipinski definition) is 3. The van der Waals surface area contributed by atoms with Gasteiger partial charge in [0.2, 0.25) is 5.88 Å². The maximum atomic E-state index is 12.1. The van der Waals surface area contributed by atoms with Crippen LogP contribution in [0.2, 0.25) is 0 Å². The Morgan fingerprint density at radius 3 is 2.48 bits per heavy atom. The Labute approximate surface area is 194 Å². The van der Waals surface area contributed by atoms with Gasteiger partial charge in [0, 0.05) is 22.3 Å². The van der Waals surface area contributed by atoms with Crippen LogP contribution in [0.3, 0.4) is 0 Å². The molecule has 118 valence electrons. The molecule has 1 unspecified atom stereocenters. The average molecular weight is 424 g/mol. The van der Waals surface area contributed by atoms with E-state index in [1.54, 1.807) is 24.3 Å². The number of rotatable bonds is 2. The number of nitrogens with zero attached hydrogens (tertiary/aromatic N) is 1. The van der Waals surface area contributed by atoms with E-state index in [2.05, 4.69) is 36.4 Å². The summed E-state index contributed by atoms with van der Waals surface area (Å²) in [6.45, 7) is 0. The van der Waals surface area contributed by atoms with Crippen LogP contribution in [0.4, 0.5) is 0 Å². The summed E-state index contributed by atoms with van der Waals surface area (Å²) >= 11 is 3.31. The first kappa shape index (κ1) is 22.4. The number of ether oxygens (including phenoxy) is 1. The number of H-pyrrole nitrogens is 2. The third-order valence-electron chi connectivity index (χ3n) is 3.02. The largest absolute Gasteiger partial charge is 1.00 e. The van der Waals surface area contributed by atoms with E-state index in [0.717, 1.165) is 4.47 Å². The quantitative estimate of drug-likeness (QED) is 0.415. The van der Waals surface area contributed by atoms with Crippen LogP contribution in [0, 0.1) is 0 Å². The van der Waals surface area contributed by atoms with Crippen LogP contribution in [0.1, 0.15) is 11.1 Å². The average Bonchev–Trinajstić information content (AvgIpc) is 2.51. The van der Waals surface area contributed by atoms with Crippen molar-refractivity contribution in [3.8, 4) is 0 Å². The molecule has 1 aromatic carbocycles. The van der Waals surface area contributed by atoms with Gasteiger partial charge < -0.3 is 14.8 Å². The minimum Gasteiger partial charge on any atom is -0.816 e. The Morgan fingerprint density at radius 1 is 1.20 bits per heavy atom. The first-order valence-corrected chi connectivity index (χ1v) is 7.28. The van der Waals surface area contributed by atoms with Gasteiger partial charge in [-0.25, -0.2) is 10.2 Å². The van der Waals surface area contributed by atoms with Crippen molar-refractivity contribution in [2.75, 3.05) is 0 Å². The third-order valence-corrected chi connectivity index (χ3v) is 3.55. The molecule has 11 heteroatoms. The summed E-state index contributed by atoms with van der Waals surface area (Å²) in [7, 11) is 0. The fourth-order valence-corrected chi connectivity index (χ4v) is 2.19. The Bertz CT molecular complexity index is 908. The molecule has 3 N–H and O–H groups in total. The van der Waals surface area contributed by atoms with Gasteiger partial charge >= 0.3 is 64.8 Å². The van der Waals surface area contributed by atoms with Gasteiger partial charge in [-0.15, -0.1) is 0 Å². The number of aromatic amines is 2. The van der Waals surface area contributed by atoms with Gasteiger partial charge in [0.25, 0.3) is 5.56 Å². The third kappa shape index (κ3) is 5.66. The number of benzene rings is 1. The van der Waals surface area contributed by atoms with Crippen LogP contribution in [0.15, 0.2) is 55.5 Å². The molecule has 0 radical (unpaired) electrons. The van der Waals surface area contributed by atoms with Crippen LogP contribution in [0.25, 0.3) is 6.08 Å². The van der Waals surface area contributed by atoms with Gasteiger partial charge in [-0.3, -0.25) is 9.78 Å². The predicted octanol–water partition coefficient (Wildman–Crippen LogP) is -6.16. The molecule has 0 spiro atoms. The van der Waals surface area contributed by atoms with Gasteiger partial charge in [-0.05, 0) is 12.1 Å². The molecule has 0 bridgehead atoms. The summed E-state index contributed by atoms with van der Waals surface area (Å²) in [6, 6.07) is 7.05. The first-order chi connectivity index (χ1) is 11.0. The van der Waals surface area contributed by atoms with Crippen molar-refractivity contribution in [2.45, 2.75) is 6.29 Å². The molecule has 0 saturated heterocycles. The number of halogens is 1. The van der Waals surface area contributed by atoms with E-state index in [4.69, 9.17) is 4.74 Å². The van der Waals surface area contributed by atoms with E-state index in [0.29, 0.717) is 5.56 Å². The normalized spacial score (nSPS) is 17.4. The van der Waals surface area contributed by atoms with E-state index in [-0.39, 0.29) is 76.3 Å². The summed E-state index contributed by atoms with van der Waals surface area (Å²) in [5, 5.41) is 16.1. The number of aromatic nitrogens is 2. The molecule has 0 aliphatic carbocycles. The molecule has 2 aromatic rings. The second-order valence-corrected chi connectivity index (χ2v) is 5.52. The summed E-state index contributed by atoms with van der Waals surface area (Å²) in [5.74, 6) is 0.0170. The molecule has 0 fully saturated rings. The van der Waals surface area contributed by atoms with E-state index in [1.807, 2.05) is 0 Å². The summed E-state index contributed by atoms with van der Waals surface area (Å²) in [4.78, 5) is 26.9. The molecule has 8 nitrogen and oxygen atoms in total. The van der Waals surface area contributed by atoms with Gasteiger partial charge in [0.15, 0.2) is 0 Å². The minimum atomic E-state index is -1.54. The van der Waals surface area contributed by atoms with E-state index < -0.39 is 17.5 Å². The van der Waals surface area contributed by atoms with Crippen molar-refractivity contribution in [2.24, 2.45) is 5.10 Å². The van der Waals surface area contributed by atoms with Crippen molar-refractivity contribution in [1.29, 1.82) is 0 Å². The van der Waals surface area contributed by atoms with Crippen LogP contribution in [-0.4, -0.2) is 22.0 Å². The van der Waals surface area contributed by atoms with Crippen LogP contribution in [-0.2, 0) is 4.74 Å². The minimum absolute atomic E-state index is 0. The van der Waals surface area contributed by atoms with Gasteiger partial charge in [-0.2, -0.15) is 5.10 Å². The number of hydrogen-bond acceptors (Lipinski definition) is 6. The van der Waals surface area contributed by atoms with Crippen molar-refractivity contribution in [3.63, 3.8) is 0 Å². The molecule has 0 saturated carbocycles. The molecule has 25 heavy (non-hydrogen) atoms. The topological polar surface area (TPSA) is 122 Å². The Kier molecular flexibility index (Phi) is 8.85. The number of nitrogens with one attached hydrogen (secondary N) is 3. The van der Waals surface area contributed by atoms with Gasteiger partial charge in [-0.1, -0.05) is 28.1 Å². The molecule has 1 aromatic heterocycles. The van der Waals surface area contributed by atoms with Crippen molar-refractivity contribution in [3.05, 3.63) is 72.8 Å². The van der Waals surface area contributed by atoms with E-state index in [1.165, 1.54) is 12.3 Å². The van der Waals surface area contributed by atoms with E-state index >= 15 is 0 Å². The first-order valence-electron chi connectivity index (χ1n) is 6.48. The van der Waals surface area contributed by atoms with Crippen LogP contribution in [0.5, 0.6) is 0 Å². The monoisotopic (exact) mass is 423 g/mol. The fourth-order valence-electron chi connectivity index (χ4n) is 1.92. The Balaban J connectivity index is 0.00000156. The van der Waals surface area contributed by atoms with Gasteiger partial charge in [0.1, 0.15) is 0 Å². The molecule has 3 rings (SSSR count).